The number of fused-ring (bicyclic) bond motifs is 1. The van der Waals surface area contributed by atoms with Gasteiger partial charge in [0, 0.05) is 18.9 Å². The molecule has 1 unspecified atom stereocenters. The van der Waals surface area contributed by atoms with Crippen molar-refractivity contribution in [3.05, 3.63) is 53.7 Å². The van der Waals surface area contributed by atoms with Gasteiger partial charge in [0.1, 0.15) is 48.3 Å². The van der Waals surface area contributed by atoms with Crippen LogP contribution in [0.1, 0.15) is 140 Å². The predicted octanol–water partition coefficient (Wildman–Crippen LogP) is 9.79. The maximum absolute atomic E-state index is 14.3. The van der Waals surface area contributed by atoms with Crippen molar-refractivity contribution in [2.75, 3.05) is 26.1 Å². The van der Waals surface area contributed by atoms with Crippen LogP contribution in [-0.4, -0.2) is 51.5 Å². The maximum Gasteiger partial charge on any atom is 0.472 e. The number of unbranched alkanes of at least 4 members (excludes halogenated alkanes) is 16. The first-order chi connectivity index (χ1) is 26.2. The second-order valence-corrected chi connectivity index (χ2v) is 15.5. The van der Waals surface area contributed by atoms with E-state index in [1.54, 1.807) is 22.7 Å². The second kappa shape index (κ2) is 24.8. The minimum Gasteiger partial charge on any atom is -0.488 e. The van der Waals surface area contributed by atoms with Crippen LogP contribution in [0.3, 0.4) is 0 Å². The first kappa shape index (κ1) is 44.8. The second-order valence-electron chi connectivity index (χ2n) is 14.1. The van der Waals surface area contributed by atoms with Crippen LogP contribution in [0.2, 0.25) is 0 Å². The summed E-state index contributed by atoms with van der Waals surface area (Å²) in [7, 11) is -3.35. The summed E-state index contributed by atoms with van der Waals surface area (Å²) in [5, 5.41) is 23.3. The molecule has 12 nitrogen and oxygen atoms in total. The van der Waals surface area contributed by atoms with Crippen LogP contribution in [0.15, 0.2) is 36.7 Å². The highest BCUT2D eigenvalue weighted by Gasteiger charge is 2.35. The van der Waals surface area contributed by atoms with Crippen LogP contribution in [0.4, 0.5) is 10.2 Å². The molecule has 0 bridgehead atoms. The van der Waals surface area contributed by atoms with Crippen molar-refractivity contribution in [3.63, 3.8) is 0 Å². The monoisotopic (exact) mass is 770 g/mol. The van der Waals surface area contributed by atoms with Gasteiger partial charge in [0.2, 0.25) is 0 Å². The zero-order valence-electron chi connectivity index (χ0n) is 32.2. The number of aryl methyl sites for hydroxylation is 1. The quantitative estimate of drug-likeness (QED) is 0.0487. The number of hydrogen-bond acceptors (Lipinski definition) is 10. The van der Waals surface area contributed by atoms with Crippen LogP contribution in [0, 0.1) is 28.5 Å². The lowest BCUT2D eigenvalue weighted by Crippen LogP contribution is -2.36. The molecule has 298 valence electrons. The third-order valence-corrected chi connectivity index (χ3v) is 10.7. The molecule has 0 saturated carbocycles. The van der Waals surface area contributed by atoms with Gasteiger partial charge in [-0.3, -0.25) is 9.05 Å². The molecule has 0 fully saturated rings. The summed E-state index contributed by atoms with van der Waals surface area (Å²) in [6.45, 7) is 1.39. The molecule has 3 atom stereocenters. The van der Waals surface area contributed by atoms with E-state index in [0.29, 0.717) is 24.2 Å². The highest BCUT2D eigenvalue weighted by atomic mass is 31.2. The van der Waals surface area contributed by atoms with E-state index in [0.717, 1.165) is 37.4 Å². The van der Waals surface area contributed by atoms with Crippen molar-refractivity contribution >= 4 is 19.2 Å². The van der Waals surface area contributed by atoms with Gasteiger partial charge in [-0.25, -0.2) is 18.5 Å². The molecule has 3 N–H and O–H groups in total. The first-order valence-electron chi connectivity index (χ1n) is 19.7. The SMILES string of the molecule is CCCCCCCCCCCCCCCCCCC[C@H](COP(=O)(O)OC[C@](C#N)(CCc1ccc2c(N)ncnn12)OC)Oc1ccc(C#N)c(F)c1. The van der Waals surface area contributed by atoms with Crippen molar-refractivity contribution in [1.82, 2.24) is 14.6 Å². The van der Waals surface area contributed by atoms with E-state index in [1.165, 1.54) is 109 Å². The summed E-state index contributed by atoms with van der Waals surface area (Å²) in [6.07, 6.45) is 22.7. The zero-order chi connectivity index (χ0) is 39.1. The van der Waals surface area contributed by atoms with Crippen LogP contribution < -0.4 is 10.5 Å². The summed E-state index contributed by atoms with van der Waals surface area (Å²) >= 11 is 0. The Hall–Kier alpha value is -3.58. The molecule has 54 heavy (non-hydrogen) atoms. The number of methoxy groups -OCH3 is 1. The van der Waals surface area contributed by atoms with E-state index in [1.807, 2.05) is 0 Å². The molecule has 2 heterocycles. The number of anilines is 1. The van der Waals surface area contributed by atoms with Gasteiger partial charge in [-0.15, -0.1) is 0 Å². The number of phosphoric ester groups is 1. The molecule has 0 radical (unpaired) electrons. The average Bonchev–Trinajstić information content (AvgIpc) is 3.60. The third-order valence-electron chi connectivity index (χ3n) is 9.82. The van der Waals surface area contributed by atoms with Gasteiger partial charge < -0.3 is 20.1 Å². The van der Waals surface area contributed by atoms with Crippen molar-refractivity contribution in [2.24, 2.45) is 0 Å². The molecule has 3 aromatic rings. The number of rotatable bonds is 30. The molecule has 3 rings (SSSR count). The summed E-state index contributed by atoms with van der Waals surface area (Å²) in [6, 6.07) is 11.3. The van der Waals surface area contributed by atoms with E-state index in [-0.39, 0.29) is 24.3 Å². The minimum atomic E-state index is -4.67. The van der Waals surface area contributed by atoms with Crippen LogP contribution >= 0.6 is 7.82 Å². The van der Waals surface area contributed by atoms with Crippen LogP contribution in [0.5, 0.6) is 5.75 Å². The van der Waals surface area contributed by atoms with Gasteiger partial charge >= 0.3 is 7.82 Å². The van der Waals surface area contributed by atoms with Crippen molar-refractivity contribution in [2.45, 2.75) is 147 Å². The topological polar surface area (TPSA) is 178 Å². The van der Waals surface area contributed by atoms with E-state index in [2.05, 4.69) is 23.1 Å². The van der Waals surface area contributed by atoms with E-state index < -0.39 is 32.0 Å². The molecule has 0 amide bonds. The van der Waals surface area contributed by atoms with Crippen LogP contribution in [-0.2, 0) is 24.8 Å². The van der Waals surface area contributed by atoms with Crippen molar-refractivity contribution in [3.8, 4) is 17.9 Å². The number of aromatic nitrogens is 3. The fourth-order valence-corrected chi connectivity index (χ4v) is 7.22. The average molecular weight is 771 g/mol. The predicted molar refractivity (Wildman–Crippen MR) is 207 cm³/mol. The number of nitrogens with zero attached hydrogens (tertiary/aromatic N) is 5. The molecular formula is C40H60FN6O6P. The molecule has 14 heteroatoms. The smallest absolute Gasteiger partial charge is 0.472 e. The number of nitriles is 2. The Labute approximate surface area is 320 Å². The largest absolute Gasteiger partial charge is 0.488 e. The van der Waals surface area contributed by atoms with E-state index in [4.69, 9.17) is 29.5 Å². The molecule has 0 aliphatic rings. The number of ether oxygens (including phenoxy) is 2. The fourth-order valence-electron chi connectivity index (χ4n) is 6.42. The molecule has 1 aromatic carbocycles. The van der Waals surface area contributed by atoms with Gasteiger partial charge in [0.15, 0.2) is 11.4 Å². The number of nitrogen functional groups attached to an aromatic ring is 1. The van der Waals surface area contributed by atoms with Crippen molar-refractivity contribution < 1.29 is 32.4 Å². The molecule has 2 aromatic heterocycles. The Balaban J connectivity index is 1.42. The molecule has 0 aliphatic carbocycles. The summed E-state index contributed by atoms with van der Waals surface area (Å²) in [5.74, 6) is -0.235. The Morgan fingerprint density at radius 2 is 1.54 bits per heavy atom. The minimum absolute atomic E-state index is 0.113. The number of benzene rings is 1. The van der Waals surface area contributed by atoms with E-state index in [9.17, 15) is 19.1 Å². The van der Waals surface area contributed by atoms with Gasteiger partial charge in [-0.1, -0.05) is 110 Å². The van der Waals surface area contributed by atoms with Crippen molar-refractivity contribution in [1.29, 1.82) is 10.5 Å². The van der Waals surface area contributed by atoms with Gasteiger partial charge in [0.25, 0.3) is 0 Å². The molecule has 0 aliphatic heterocycles. The van der Waals surface area contributed by atoms with Crippen LogP contribution in [0.25, 0.3) is 5.52 Å². The Kier molecular flexibility index (Phi) is 20.5. The molecule has 0 saturated heterocycles. The maximum atomic E-state index is 14.3. The molecular weight excluding hydrogens is 710 g/mol. The third kappa shape index (κ3) is 16.0. The summed E-state index contributed by atoms with van der Waals surface area (Å²) in [4.78, 5) is 14.6. The first-order valence-corrected chi connectivity index (χ1v) is 21.2. The fraction of sp³-hybridized carbons (Fsp3) is 0.650. The van der Waals surface area contributed by atoms with Gasteiger partial charge in [0.05, 0.1) is 12.2 Å². The standard InChI is InChI=1S/C40H60FN6O6P/c1-3-4-5-6-7-8-9-10-11-12-13-14-15-16-17-18-19-20-36(53-35-23-21-33(28-42)37(41)27-35)29-51-54(48,49)52-31-40(30-43,50-2)26-25-34-22-24-38-39(44)45-32-46-47(34)38/h21-24,27,32,36H,3-20,25-26,29,31H2,1-2H3,(H,48,49)(H2,44,45,46)/t36-,40-/m1/s1. The highest BCUT2D eigenvalue weighted by molar-refractivity contribution is 7.47. The highest BCUT2D eigenvalue weighted by Crippen LogP contribution is 2.45. The number of nitrogens with two attached hydrogens (primary N) is 1. The Morgan fingerprint density at radius 1 is 0.926 bits per heavy atom. The Morgan fingerprint density at radius 3 is 2.09 bits per heavy atom. The normalized spacial score (nSPS) is 14.3. The van der Waals surface area contributed by atoms with E-state index >= 15 is 0 Å². The number of hydrogen-bond donors (Lipinski definition) is 2. The van der Waals surface area contributed by atoms with Gasteiger partial charge in [-0.05, 0) is 49.9 Å². The Bertz CT molecular complexity index is 1660. The summed E-state index contributed by atoms with van der Waals surface area (Å²) < 4.78 is 51.0. The van der Waals surface area contributed by atoms with Gasteiger partial charge in [-0.2, -0.15) is 15.6 Å². The lowest BCUT2D eigenvalue weighted by molar-refractivity contribution is -0.0191. The lowest BCUT2D eigenvalue weighted by Gasteiger charge is -2.26. The summed E-state index contributed by atoms with van der Waals surface area (Å²) in [5.41, 5.74) is 5.60. The number of halogens is 1. The molecule has 0 spiro atoms. The number of phosphoric acid groups is 1. The lowest BCUT2D eigenvalue weighted by atomic mass is 9.99. The zero-order valence-corrected chi connectivity index (χ0v) is 33.1.